The minimum atomic E-state index is -4.39. The van der Waals surface area contributed by atoms with Crippen molar-refractivity contribution in [3.8, 4) is 5.75 Å². The van der Waals surface area contributed by atoms with Gasteiger partial charge in [0.1, 0.15) is 5.75 Å². The predicted molar refractivity (Wildman–Crippen MR) is 104 cm³/mol. The Morgan fingerprint density at radius 2 is 1.93 bits per heavy atom. The average Bonchev–Trinajstić information content (AvgIpc) is 2.69. The molecular weight excluding hydrogens is 385 g/mol. The Hall–Kier alpha value is -3.23. The minimum absolute atomic E-state index is 0.214. The number of alkyl halides is 3. The Morgan fingerprint density at radius 3 is 2.59 bits per heavy atom. The highest BCUT2D eigenvalue weighted by Crippen LogP contribution is 2.30. The standard InChI is InChI=1S/C20H23F3N4O2/c1-13(15-6-4-7-16(10-15)20(21,22)23)27-19(25-2)26-11-14-5-3-8-17(9-14)29-12-18(24)28/h3-10,13H,11-12H2,1-2H3,(H2,24,28)(H2,25,26,27). The van der Waals surface area contributed by atoms with Gasteiger partial charge in [-0.2, -0.15) is 13.2 Å². The third kappa shape index (κ3) is 7.02. The number of aliphatic imine (C=N–C) groups is 1. The van der Waals surface area contributed by atoms with E-state index < -0.39 is 23.7 Å². The van der Waals surface area contributed by atoms with Crippen LogP contribution >= 0.6 is 0 Å². The fourth-order valence-corrected chi connectivity index (χ4v) is 2.55. The lowest BCUT2D eigenvalue weighted by atomic mass is 10.1. The van der Waals surface area contributed by atoms with Crippen LogP contribution in [0.4, 0.5) is 13.2 Å². The van der Waals surface area contributed by atoms with Crippen LogP contribution in [0.25, 0.3) is 0 Å². The largest absolute Gasteiger partial charge is 0.484 e. The summed E-state index contributed by atoms with van der Waals surface area (Å²) in [6.45, 7) is 1.93. The molecule has 2 aromatic rings. The van der Waals surface area contributed by atoms with E-state index in [1.807, 2.05) is 6.07 Å². The van der Waals surface area contributed by atoms with Crippen molar-refractivity contribution in [2.75, 3.05) is 13.7 Å². The van der Waals surface area contributed by atoms with Crippen LogP contribution in [0.5, 0.6) is 5.75 Å². The summed E-state index contributed by atoms with van der Waals surface area (Å²) >= 11 is 0. The van der Waals surface area contributed by atoms with Gasteiger partial charge in [0, 0.05) is 13.6 Å². The number of nitrogens with one attached hydrogen (secondary N) is 2. The van der Waals surface area contributed by atoms with E-state index >= 15 is 0 Å². The molecule has 0 radical (unpaired) electrons. The second kappa shape index (κ2) is 9.81. The lowest BCUT2D eigenvalue weighted by Crippen LogP contribution is -2.38. The van der Waals surface area contributed by atoms with E-state index in [4.69, 9.17) is 10.5 Å². The maximum absolute atomic E-state index is 12.9. The molecule has 0 aliphatic rings. The van der Waals surface area contributed by atoms with Gasteiger partial charge in [-0.1, -0.05) is 24.3 Å². The van der Waals surface area contributed by atoms with Crippen molar-refractivity contribution in [3.05, 3.63) is 65.2 Å². The molecule has 1 atom stereocenters. The molecule has 4 N–H and O–H groups in total. The van der Waals surface area contributed by atoms with Gasteiger partial charge in [0.25, 0.3) is 5.91 Å². The Balaban J connectivity index is 1.97. The lowest BCUT2D eigenvalue weighted by Gasteiger charge is -2.19. The van der Waals surface area contributed by atoms with Gasteiger partial charge in [-0.05, 0) is 42.3 Å². The molecule has 0 bridgehead atoms. The highest BCUT2D eigenvalue weighted by molar-refractivity contribution is 5.80. The number of ether oxygens (including phenoxy) is 1. The van der Waals surface area contributed by atoms with Crippen molar-refractivity contribution in [1.82, 2.24) is 10.6 Å². The van der Waals surface area contributed by atoms with Crippen molar-refractivity contribution >= 4 is 11.9 Å². The molecule has 0 saturated heterocycles. The first-order chi connectivity index (χ1) is 13.7. The fraction of sp³-hybridized carbons (Fsp3) is 0.300. The third-order valence-corrected chi connectivity index (χ3v) is 4.03. The molecule has 1 amide bonds. The number of benzene rings is 2. The van der Waals surface area contributed by atoms with Gasteiger partial charge in [0.05, 0.1) is 11.6 Å². The maximum Gasteiger partial charge on any atom is 0.416 e. The molecule has 0 saturated carbocycles. The van der Waals surface area contributed by atoms with E-state index in [0.717, 1.165) is 17.7 Å². The summed E-state index contributed by atoms with van der Waals surface area (Å²) in [6, 6.07) is 11.8. The molecule has 2 aromatic carbocycles. The maximum atomic E-state index is 12.9. The van der Waals surface area contributed by atoms with Gasteiger partial charge in [-0.3, -0.25) is 9.79 Å². The van der Waals surface area contributed by atoms with Crippen molar-refractivity contribution in [2.45, 2.75) is 25.7 Å². The molecule has 0 heterocycles. The predicted octanol–water partition coefficient (Wildman–Crippen LogP) is 3.00. The number of hydrogen-bond acceptors (Lipinski definition) is 3. The lowest BCUT2D eigenvalue weighted by molar-refractivity contribution is -0.137. The average molecular weight is 408 g/mol. The molecule has 2 rings (SSSR count). The quantitative estimate of drug-likeness (QED) is 0.485. The molecule has 0 aromatic heterocycles. The summed E-state index contributed by atoms with van der Waals surface area (Å²) in [5, 5.41) is 6.16. The van der Waals surface area contributed by atoms with E-state index in [9.17, 15) is 18.0 Å². The van der Waals surface area contributed by atoms with Crippen LogP contribution in [0.2, 0.25) is 0 Å². The van der Waals surface area contributed by atoms with Crippen molar-refractivity contribution in [1.29, 1.82) is 0 Å². The van der Waals surface area contributed by atoms with Crippen LogP contribution in [0.3, 0.4) is 0 Å². The first-order valence-electron chi connectivity index (χ1n) is 8.83. The van der Waals surface area contributed by atoms with Gasteiger partial charge < -0.3 is 21.1 Å². The Bertz CT molecular complexity index is 869. The van der Waals surface area contributed by atoms with Crippen molar-refractivity contribution < 1.29 is 22.7 Å². The van der Waals surface area contributed by atoms with E-state index in [2.05, 4.69) is 15.6 Å². The number of carbonyl (C=O) groups is 1. The highest BCUT2D eigenvalue weighted by Gasteiger charge is 2.30. The monoisotopic (exact) mass is 408 g/mol. The van der Waals surface area contributed by atoms with Crippen molar-refractivity contribution in [2.24, 2.45) is 10.7 Å². The van der Waals surface area contributed by atoms with Crippen LogP contribution in [0.15, 0.2) is 53.5 Å². The number of amides is 1. The van der Waals surface area contributed by atoms with E-state index in [1.54, 1.807) is 38.2 Å². The summed E-state index contributed by atoms with van der Waals surface area (Å²) in [5.74, 6) is 0.364. The molecule has 0 fully saturated rings. The second-order valence-electron chi connectivity index (χ2n) is 6.32. The topological polar surface area (TPSA) is 88.7 Å². The zero-order valence-corrected chi connectivity index (χ0v) is 16.1. The smallest absolute Gasteiger partial charge is 0.416 e. The van der Waals surface area contributed by atoms with Crippen LogP contribution in [0, 0.1) is 0 Å². The molecule has 9 heteroatoms. The zero-order chi connectivity index (χ0) is 21.4. The number of guanidine groups is 1. The summed E-state index contributed by atoms with van der Waals surface area (Å²) < 4.78 is 44.0. The van der Waals surface area contributed by atoms with Gasteiger partial charge in [0.15, 0.2) is 12.6 Å². The SMILES string of the molecule is CN=C(NCc1cccc(OCC(N)=O)c1)NC(C)c1cccc(C(F)(F)F)c1. The number of primary amides is 1. The van der Waals surface area contributed by atoms with E-state index in [-0.39, 0.29) is 6.61 Å². The van der Waals surface area contributed by atoms with Crippen LogP contribution in [-0.4, -0.2) is 25.5 Å². The summed E-state index contributed by atoms with van der Waals surface area (Å²) in [4.78, 5) is 14.9. The molecule has 0 aliphatic carbocycles. The number of hydrogen-bond donors (Lipinski definition) is 3. The normalized spacial score (nSPS) is 12.9. The van der Waals surface area contributed by atoms with E-state index in [0.29, 0.717) is 23.8 Å². The van der Waals surface area contributed by atoms with Gasteiger partial charge in [0.2, 0.25) is 0 Å². The summed E-state index contributed by atoms with van der Waals surface area (Å²) in [5.41, 5.74) is 5.72. The van der Waals surface area contributed by atoms with Crippen LogP contribution in [0.1, 0.15) is 29.7 Å². The molecule has 6 nitrogen and oxygen atoms in total. The molecule has 156 valence electrons. The zero-order valence-electron chi connectivity index (χ0n) is 16.1. The number of carbonyl (C=O) groups excluding carboxylic acids is 1. The first-order valence-corrected chi connectivity index (χ1v) is 8.83. The molecule has 0 aliphatic heterocycles. The number of nitrogens with zero attached hydrogens (tertiary/aromatic N) is 1. The van der Waals surface area contributed by atoms with Crippen LogP contribution in [-0.2, 0) is 17.5 Å². The highest BCUT2D eigenvalue weighted by atomic mass is 19.4. The Kier molecular flexibility index (Phi) is 7.46. The van der Waals surface area contributed by atoms with Crippen molar-refractivity contribution in [3.63, 3.8) is 0 Å². The third-order valence-electron chi connectivity index (χ3n) is 4.03. The van der Waals surface area contributed by atoms with Gasteiger partial charge in [-0.15, -0.1) is 0 Å². The minimum Gasteiger partial charge on any atom is -0.484 e. The van der Waals surface area contributed by atoms with Gasteiger partial charge in [-0.25, -0.2) is 0 Å². The Morgan fingerprint density at radius 1 is 1.21 bits per heavy atom. The van der Waals surface area contributed by atoms with E-state index in [1.165, 1.54) is 6.07 Å². The number of nitrogens with two attached hydrogens (primary N) is 1. The summed E-state index contributed by atoms with van der Waals surface area (Å²) in [7, 11) is 1.57. The summed E-state index contributed by atoms with van der Waals surface area (Å²) in [6.07, 6.45) is -4.39. The molecular formula is C20H23F3N4O2. The molecule has 29 heavy (non-hydrogen) atoms. The molecule has 1 unspecified atom stereocenters. The molecule has 0 spiro atoms. The van der Waals surface area contributed by atoms with Gasteiger partial charge >= 0.3 is 6.18 Å². The van der Waals surface area contributed by atoms with Crippen LogP contribution < -0.4 is 21.1 Å². The first kappa shape index (κ1) is 22.1. The second-order valence-corrected chi connectivity index (χ2v) is 6.32. The number of rotatable bonds is 7. The number of halogens is 3. The fourth-order valence-electron chi connectivity index (χ4n) is 2.55. The Labute approximate surface area is 167 Å².